The van der Waals surface area contributed by atoms with Gasteiger partial charge < -0.3 is 10.1 Å². The highest BCUT2D eigenvalue weighted by atomic mass is 32.1. The quantitative estimate of drug-likeness (QED) is 0.873. The van der Waals surface area contributed by atoms with Crippen LogP contribution >= 0.6 is 11.3 Å². The van der Waals surface area contributed by atoms with E-state index in [2.05, 4.69) is 17.4 Å². The average molecular weight is 303 g/mol. The molecule has 1 N–H and O–H groups in total. The molecule has 1 heterocycles. The van der Waals surface area contributed by atoms with E-state index in [-0.39, 0.29) is 5.91 Å². The van der Waals surface area contributed by atoms with Crippen LogP contribution in [0.25, 0.3) is 0 Å². The largest absolute Gasteiger partial charge is 0.489 e. The Balaban J connectivity index is 1.96. The van der Waals surface area contributed by atoms with Crippen molar-refractivity contribution in [1.82, 2.24) is 5.32 Å². The Morgan fingerprint density at radius 2 is 2.10 bits per heavy atom. The highest BCUT2D eigenvalue weighted by Gasteiger charge is 2.09. The number of carbonyl (C=O) groups is 1. The maximum absolute atomic E-state index is 11.8. The molecule has 0 unspecified atom stereocenters. The van der Waals surface area contributed by atoms with Crippen molar-refractivity contribution in [2.45, 2.75) is 33.8 Å². The van der Waals surface area contributed by atoms with Gasteiger partial charge >= 0.3 is 0 Å². The molecule has 2 aromatic rings. The first kappa shape index (κ1) is 15.6. The smallest absolute Gasteiger partial charge is 0.261 e. The minimum atomic E-state index is -0.000152. The molecule has 0 spiro atoms. The number of ether oxygens (including phenoxy) is 1. The first-order chi connectivity index (χ1) is 10.1. The van der Waals surface area contributed by atoms with E-state index in [4.69, 9.17) is 4.74 Å². The van der Waals surface area contributed by atoms with Crippen LogP contribution in [0.4, 0.5) is 0 Å². The lowest BCUT2D eigenvalue weighted by molar-refractivity contribution is 0.0957. The monoisotopic (exact) mass is 303 g/mol. The summed E-state index contributed by atoms with van der Waals surface area (Å²) in [6.45, 7) is 7.32. The molecule has 1 amide bonds. The summed E-state index contributed by atoms with van der Waals surface area (Å²) in [6, 6.07) is 8.07. The molecule has 21 heavy (non-hydrogen) atoms. The van der Waals surface area contributed by atoms with Gasteiger partial charge in [-0.05, 0) is 48.9 Å². The van der Waals surface area contributed by atoms with Crippen molar-refractivity contribution in [3.63, 3.8) is 0 Å². The summed E-state index contributed by atoms with van der Waals surface area (Å²) in [5.41, 5.74) is 3.33. The van der Waals surface area contributed by atoms with E-state index in [0.717, 1.165) is 28.2 Å². The highest BCUT2D eigenvalue weighted by molar-refractivity contribution is 7.12. The molecule has 0 saturated heterocycles. The van der Waals surface area contributed by atoms with Crippen molar-refractivity contribution < 1.29 is 9.53 Å². The fraction of sp³-hybridized carbons (Fsp3) is 0.353. The Bertz CT molecular complexity index is 619. The summed E-state index contributed by atoms with van der Waals surface area (Å²) in [7, 11) is 0. The van der Waals surface area contributed by atoms with Crippen LogP contribution in [-0.2, 0) is 6.61 Å². The van der Waals surface area contributed by atoms with E-state index in [1.54, 1.807) is 0 Å². The van der Waals surface area contributed by atoms with Crippen molar-refractivity contribution in [2.75, 3.05) is 6.54 Å². The number of hydrogen-bond acceptors (Lipinski definition) is 3. The number of rotatable bonds is 6. The summed E-state index contributed by atoms with van der Waals surface area (Å²) in [4.78, 5) is 12.6. The Hall–Kier alpha value is -1.81. The van der Waals surface area contributed by atoms with Crippen LogP contribution in [0.2, 0.25) is 0 Å². The molecule has 3 nitrogen and oxygen atoms in total. The standard InChI is InChI=1S/C17H21NO2S/c1-4-7-18-17(19)16-9-14(11-21-16)10-20-15-8-12(2)5-6-13(15)3/h5-6,8-9,11H,4,7,10H2,1-3H3,(H,18,19). The van der Waals surface area contributed by atoms with Gasteiger partial charge in [0.15, 0.2) is 0 Å². The van der Waals surface area contributed by atoms with Gasteiger partial charge in [-0.15, -0.1) is 11.3 Å². The van der Waals surface area contributed by atoms with E-state index >= 15 is 0 Å². The maximum Gasteiger partial charge on any atom is 0.261 e. The summed E-state index contributed by atoms with van der Waals surface area (Å²) < 4.78 is 5.85. The van der Waals surface area contributed by atoms with Crippen molar-refractivity contribution in [3.05, 3.63) is 51.2 Å². The van der Waals surface area contributed by atoms with Crippen LogP contribution in [0.3, 0.4) is 0 Å². The highest BCUT2D eigenvalue weighted by Crippen LogP contribution is 2.22. The van der Waals surface area contributed by atoms with Crippen molar-refractivity contribution in [2.24, 2.45) is 0 Å². The van der Waals surface area contributed by atoms with Crippen LogP contribution in [0.1, 0.15) is 39.7 Å². The molecule has 0 fully saturated rings. The summed E-state index contributed by atoms with van der Waals surface area (Å²) in [6.07, 6.45) is 0.944. The Morgan fingerprint density at radius 3 is 2.86 bits per heavy atom. The second kappa shape index (κ2) is 7.27. The van der Waals surface area contributed by atoms with E-state index in [0.29, 0.717) is 13.2 Å². The van der Waals surface area contributed by atoms with Gasteiger partial charge in [0, 0.05) is 12.1 Å². The zero-order valence-corrected chi connectivity index (χ0v) is 13.5. The van der Waals surface area contributed by atoms with Gasteiger partial charge in [0.05, 0.1) is 4.88 Å². The lowest BCUT2D eigenvalue weighted by atomic mass is 10.1. The van der Waals surface area contributed by atoms with E-state index < -0.39 is 0 Å². The molecule has 0 aliphatic rings. The van der Waals surface area contributed by atoms with Crippen LogP contribution in [0, 0.1) is 13.8 Å². The molecular formula is C17H21NO2S. The Morgan fingerprint density at radius 1 is 1.29 bits per heavy atom. The van der Waals surface area contributed by atoms with Crippen LogP contribution in [-0.4, -0.2) is 12.5 Å². The molecule has 2 rings (SSSR count). The van der Waals surface area contributed by atoms with Crippen LogP contribution in [0.15, 0.2) is 29.6 Å². The van der Waals surface area contributed by atoms with Crippen LogP contribution < -0.4 is 10.1 Å². The zero-order chi connectivity index (χ0) is 15.2. The molecule has 1 aromatic heterocycles. The van der Waals surface area contributed by atoms with Crippen LogP contribution in [0.5, 0.6) is 5.75 Å². The minimum Gasteiger partial charge on any atom is -0.489 e. The molecule has 0 saturated carbocycles. The molecule has 4 heteroatoms. The SMILES string of the molecule is CCCNC(=O)c1cc(COc2cc(C)ccc2C)cs1. The molecule has 1 aromatic carbocycles. The predicted molar refractivity (Wildman–Crippen MR) is 87.2 cm³/mol. The van der Waals surface area contributed by atoms with Gasteiger partial charge in [0.25, 0.3) is 5.91 Å². The fourth-order valence-electron chi connectivity index (χ4n) is 1.92. The van der Waals surface area contributed by atoms with Gasteiger partial charge in [-0.25, -0.2) is 0 Å². The lowest BCUT2D eigenvalue weighted by Crippen LogP contribution is -2.22. The fourth-order valence-corrected chi connectivity index (χ4v) is 2.73. The van der Waals surface area contributed by atoms with E-state index in [9.17, 15) is 4.79 Å². The predicted octanol–water partition coefficient (Wildman–Crippen LogP) is 4.08. The average Bonchev–Trinajstić information content (AvgIpc) is 2.94. The van der Waals surface area contributed by atoms with Gasteiger partial charge in [-0.3, -0.25) is 4.79 Å². The number of benzene rings is 1. The van der Waals surface area contributed by atoms with Crippen molar-refractivity contribution in [3.8, 4) is 5.75 Å². The first-order valence-corrected chi connectivity index (χ1v) is 8.03. The first-order valence-electron chi connectivity index (χ1n) is 7.16. The number of thiophene rings is 1. The number of amides is 1. The molecule has 0 aliphatic carbocycles. The molecule has 0 radical (unpaired) electrons. The second-order valence-electron chi connectivity index (χ2n) is 5.13. The second-order valence-corrected chi connectivity index (χ2v) is 6.04. The minimum absolute atomic E-state index is 0.000152. The molecular weight excluding hydrogens is 282 g/mol. The number of hydrogen-bond donors (Lipinski definition) is 1. The normalized spacial score (nSPS) is 10.4. The third-order valence-corrected chi connectivity index (χ3v) is 4.13. The maximum atomic E-state index is 11.8. The zero-order valence-electron chi connectivity index (χ0n) is 12.7. The molecule has 0 atom stereocenters. The molecule has 0 aliphatic heterocycles. The summed E-state index contributed by atoms with van der Waals surface area (Å²) in [5, 5.41) is 4.86. The van der Waals surface area contributed by atoms with Crippen molar-refractivity contribution >= 4 is 17.2 Å². The summed E-state index contributed by atoms with van der Waals surface area (Å²) in [5.74, 6) is 0.901. The Kier molecular flexibility index (Phi) is 5.39. The topological polar surface area (TPSA) is 38.3 Å². The number of aryl methyl sites for hydroxylation is 2. The van der Waals surface area contributed by atoms with Gasteiger partial charge in [-0.2, -0.15) is 0 Å². The summed E-state index contributed by atoms with van der Waals surface area (Å²) >= 11 is 1.46. The molecule has 0 bridgehead atoms. The van der Waals surface area contributed by atoms with Gasteiger partial charge in [0.2, 0.25) is 0 Å². The van der Waals surface area contributed by atoms with E-state index in [1.807, 2.05) is 38.3 Å². The Labute approximate surface area is 130 Å². The third kappa shape index (κ3) is 4.33. The van der Waals surface area contributed by atoms with Gasteiger partial charge in [-0.1, -0.05) is 19.1 Å². The third-order valence-electron chi connectivity index (χ3n) is 3.15. The van der Waals surface area contributed by atoms with Gasteiger partial charge in [0.1, 0.15) is 12.4 Å². The molecule has 112 valence electrons. The number of carbonyl (C=O) groups excluding carboxylic acids is 1. The van der Waals surface area contributed by atoms with Crippen molar-refractivity contribution in [1.29, 1.82) is 0 Å². The van der Waals surface area contributed by atoms with E-state index in [1.165, 1.54) is 16.9 Å². The number of nitrogens with one attached hydrogen (secondary N) is 1. The lowest BCUT2D eigenvalue weighted by Gasteiger charge is -2.08.